The van der Waals surface area contributed by atoms with Crippen molar-refractivity contribution in [3.8, 4) is 0 Å². The number of carbonyl (C=O) groups is 4. The first kappa shape index (κ1) is 41.3. The van der Waals surface area contributed by atoms with Gasteiger partial charge in [-0.05, 0) is 109 Å². The van der Waals surface area contributed by atoms with E-state index in [2.05, 4.69) is 24.5 Å². The maximum absolute atomic E-state index is 14.8. The van der Waals surface area contributed by atoms with E-state index in [1.807, 2.05) is 83.1 Å². The molecule has 0 radical (unpaired) electrons. The van der Waals surface area contributed by atoms with Gasteiger partial charge in [0.15, 0.2) is 0 Å². The first-order valence-electron chi connectivity index (χ1n) is 17.6. The summed E-state index contributed by atoms with van der Waals surface area (Å²) in [5.41, 5.74) is 1.90. The first-order valence-corrected chi connectivity index (χ1v) is 17.6. The summed E-state index contributed by atoms with van der Waals surface area (Å²) >= 11 is 0. The Kier molecular flexibility index (Phi) is 14.9. The maximum atomic E-state index is 14.8. The van der Waals surface area contributed by atoms with E-state index in [0.29, 0.717) is 17.9 Å². The van der Waals surface area contributed by atoms with E-state index in [4.69, 9.17) is 9.47 Å². The number of benzene rings is 2. The van der Waals surface area contributed by atoms with Crippen LogP contribution >= 0.6 is 0 Å². The van der Waals surface area contributed by atoms with E-state index in [9.17, 15) is 19.2 Å². The molecular weight excluding hydrogens is 618 g/mol. The summed E-state index contributed by atoms with van der Waals surface area (Å²) in [4.78, 5) is 57.8. The molecule has 0 aliphatic rings. The lowest BCUT2D eigenvalue weighted by atomic mass is 9.93. The molecule has 0 saturated carbocycles. The molecule has 272 valence electrons. The quantitative estimate of drug-likeness (QED) is 0.199. The number of alkyl carbamates (subject to hydrolysis) is 1. The van der Waals surface area contributed by atoms with Crippen LogP contribution in [-0.2, 0) is 30.3 Å². The van der Waals surface area contributed by atoms with Crippen LogP contribution in [0.4, 0.5) is 4.79 Å². The van der Waals surface area contributed by atoms with Gasteiger partial charge in [-0.1, -0.05) is 76.2 Å². The van der Waals surface area contributed by atoms with Crippen LogP contribution < -0.4 is 10.6 Å². The predicted molar refractivity (Wildman–Crippen MR) is 195 cm³/mol. The normalized spacial score (nSPS) is 14.4. The van der Waals surface area contributed by atoms with E-state index in [-0.39, 0.29) is 12.3 Å². The Hall–Kier alpha value is -3.88. The van der Waals surface area contributed by atoms with E-state index in [1.54, 1.807) is 46.4 Å². The summed E-state index contributed by atoms with van der Waals surface area (Å²) in [6.07, 6.45) is 0.920. The molecule has 2 rings (SSSR count). The molecule has 49 heavy (non-hydrogen) atoms. The van der Waals surface area contributed by atoms with Crippen molar-refractivity contribution in [3.05, 3.63) is 70.8 Å². The molecule has 0 aliphatic carbocycles. The fourth-order valence-corrected chi connectivity index (χ4v) is 5.46. The second-order valence-corrected chi connectivity index (χ2v) is 16.0. The molecule has 3 amide bonds. The van der Waals surface area contributed by atoms with Gasteiger partial charge in [-0.15, -0.1) is 0 Å². The summed E-state index contributed by atoms with van der Waals surface area (Å²) in [6.45, 7) is 24.4. The van der Waals surface area contributed by atoms with Crippen LogP contribution in [0.3, 0.4) is 0 Å². The van der Waals surface area contributed by atoms with Gasteiger partial charge in [-0.25, -0.2) is 9.59 Å². The fourth-order valence-electron chi connectivity index (χ4n) is 5.46. The van der Waals surface area contributed by atoms with Crippen LogP contribution in [0.15, 0.2) is 48.5 Å². The molecule has 9 heteroatoms. The Morgan fingerprint density at radius 1 is 0.755 bits per heavy atom. The van der Waals surface area contributed by atoms with Crippen molar-refractivity contribution in [1.82, 2.24) is 15.5 Å². The number of carbonyl (C=O) groups excluding carboxylic acids is 4. The van der Waals surface area contributed by atoms with E-state index < -0.39 is 59.2 Å². The number of nitrogens with one attached hydrogen (secondary N) is 2. The topological polar surface area (TPSA) is 114 Å². The number of nitrogens with zero attached hydrogens (tertiary/aromatic N) is 1. The molecule has 4 unspecified atom stereocenters. The average molecular weight is 680 g/mol. The van der Waals surface area contributed by atoms with Crippen LogP contribution in [0, 0.1) is 25.7 Å². The highest BCUT2D eigenvalue weighted by Gasteiger charge is 2.41. The highest BCUT2D eigenvalue weighted by atomic mass is 16.6. The van der Waals surface area contributed by atoms with Gasteiger partial charge >= 0.3 is 12.1 Å². The van der Waals surface area contributed by atoms with Crippen molar-refractivity contribution >= 4 is 23.9 Å². The lowest BCUT2D eigenvalue weighted by Gasteiger charge is -2.40. The molecule has 0 spiro atoms. The zero-order valence-corrected chi connectivity index (χ0v) is 32.1. The lowest BCUT2D eigenvalue weighted by Crippen LogP contribution is -2.58. The molecule has 0 aromatic heterocycles. The molecule has 4 atom stereocenters. The number of hydrogen-bond donors (Lipinski definition) is 2. The number of esters is 1. The molecule has 2 aromatic carbocycles. The smallest absolute Gasteiger partial charge is 0.408 e. The van der Waals surface area contributed by atoms with Crippen LogP contribution in [0.2, 0.25) is 0 Å². The molecule has 0 heterocycles. The summed E-state index contributed by atoms with van der Waals surface area (Å²) in [7, 11) is 0. The minimum atomic E-state index is -1.11. The Balaban J connectivity index is 2.74. The standard InChI is InChI=1S/C40H61N3O6/c1-25(2)19-21-29(7)43(36(45)33(26(3)4)42-38(47)49-40(11,12)13)34(31-22-20-27(5)28(6)23-31)35(44)41-32(37(46)48-39(8,9)10)24-30-17-15-14-16-18-30/h14-18,20,22-23,25-26,29,32-34H,19,21,24H2,1-13H3,(H,41,44)(H,42,47). The van der Waals surface area contributed by atoms with Crippen LogP contribution in [0.1, 0.15) is 117 Å². The lowest BCUT2D eigenvalue weighted by molar-refractivity contribution is -0.159. The Labute approximate surface area is 294 Å². The van der Waals surface area contributed by atoms with Crippen molar-refractivity contribution in [3.63, 3.8) is 0 Å². The summed E-state index contributed by atoms with van der Waals surface area (Å²) in [6, 6.07) is 11.6. The van der Waals surface area contributed by atoms with Crippen LogP contribution in [-0.4, -0.2) is 58.1 Å². The number of amides is 3. The SMILES string of the molecule is Cc1ccc(C(C(=O)NC(Cc2ccccc2)C(=O)OC(C)(C)C)N(C(=O)C(NC(=O)OC(C)(C)C)C(C)C)C(C)CCC(C)C)cc1C. The molecule has 0 bridgehead atoms. The zero-order valence-electron chi connectivity index (χ0n) is 32.1. The van der Waals surface area contributed by atoms with Gasteiger partial charge in [-0.2, -0.15) is 0 Å². The number of ether oxygens (including phenoxy) is 2. The van der Waals surface area contributed by atoms with E-state index in [0.717, 1.165) is 23.1 Å². The number of rotatable bonds is 14. The van der Waals surface area contributed by atoms with Crippen molar-refractivity contribution < 1.29 is 28.7 Å². The largest absolute Gasteiger partial charge is 0.458 e. The van der Waals surface area contributed by atoms with Crippen molar-refractivity contribution in [2.45, 2.75) is 145 Å². The Morgan fingerprint density at radius 3 is 1.86 bits per heavy atom. The molecule has 9 nitrogen and oxygen atoms in total. The molecule has 2 N–H and O–H groups in total. The van der Waals surface area contributed by atoms with Crippen LogP contribution in [0.25, 0.3) is 0 Å². The molecular formula is C40H61N3O6. The van der Waals surface area contributed by atoms with E-state index in [1.165, 1.54) is 0 Å². The highest BCUT2D eigenvalue weighted by molar-refractivity contribution is 5.94. The van der Waals surface area contributed by atoms with Crippen molar-refractivity contribution in [2.24, 2.45) is 11.8 Å². The minimum absolute atomic E-state index is 0.201. The van der Waals surface area contributed by atoms with Gasteiger partial charge in [0, 0.05) is 12.5 Å². The summed E-state index contributed by atoms with van der Waals surface area (Å²) in [5.74, 6) is -1.46. The van der Waals surface area contributed by atoms with Gasteiger partial charge in [0.2, 0.25) is 11.8 Å². The minimum Gasteiger partial charge on any atom is -0.458 e. The van der Waals surface area contributed by atoms with Crippen LogP contribution in [0.5, 0.6) is 0 Å². The summed E-state index contributed by atoms with van der Waals surface area (Å²) in [5, 5.41) is 5.79. The van der Waals surface area contributed by atoms with Crippen molar-refractivity contribution in [1.29, 1.82) is 0 Å². The number of aryl methyl sites for hydroxylation is 2. The van der Waals surface area contributed by atoms with Gasteiger partial charge in [-0.3, -0.25) is 9.59 Å². The summed E-state index contributed by atoms with van der Waals surface area (Å²) < 4.78 is 11.3. The third kappa shape index (κ3) is 13.5. The zero-order chi connectivity index (χ0) is 37.3. The second-order valence-electron chi connectivity index (χ2n) is 16.0. The molecule has 0 fully saturated rings. The average Bonchev–Trinajstić information content (AvgIpc) is 2.96. The van der Waals surface area contributed by atoms with Gasteiger partial charge in [0.25, 0.3) is 0 Å². The van der Waals surface area contributed by atoms with Gasteiger partial charge in [0.05, 0.1) is 0 Å². The molecule has 0 aliphatic heterocycles. The Bertz CT molecular complexity index is 1410. The second kappa shape index (κ2) is 17.7. The molecule has 2 aromatic rings. The third-order valence-electron chi connectivity index (χ3n) is 8.16. The number of hydrogen-bond acceptors (Lipinski definition) is 6. The molecule has 0 saturated heterocycles. The van der Waals surface area contributed by atoms with Gasteiger partial charge in [0.1, 0.15) is 29.3 Å². The van der Waals surface area contributed by atoms with Gasteiger partial charge < -0.3 is 25.0 Å². The fraction of sp³-hybridized carbons (Fsp3) is 0.600. The third-order valence-corrected chi connectivity index (χ3v) is 8.16. The highest BCUT2D eigenvalue weighted by Crippen LogP contribution is 2.30. The predicted octanol–water partition coefficient (Wildman–Crippen LogP) is 7.62. The Morgan fingerprint density at radius 2 is 1.35 bits per heavy atom. The maximum Gasteiger partial charge on any atom is 0.408 e. The van der Waals surface area contributed by atoms with Crippen molar-refractivity contribution in [2.75, 3.05) is 0 Å². The monoisotopic (exact) mass is 679 g/mol. The first-order chi connectivity index (χ1) is 22.6. The van der Waals surface area contributed by atoms with E-state index >= 15 is 0 Å².